The summed E-state index contributed by atoms with van der Waals surface area (Å²) in [5.41, 5.74) is 0.581. The zero-order chi connectivity index (χ0) is 15.6. The zero-order valence-corrected chi connectivity index (χ0v) is 12.6. The van der Waals surface area contributed by atoms with Crippen molar-refractivity contribution < 1.29 is 23.0 Å². The van der Waals surface area contributed by atoms with Crippen LogP contribution in [0, 0.1) is 11.6 Å². The Morgan fingerprint density at radius 3 is 2.59 bits per heavy atom. The lowest BCUT2D eigenvalue weighted by molar-refractivity contribution is -0.210. The van der Waals surface area contributed by atoms with Gasteiger partial charge in [-0.1, -0.05) is 0 Å². The third-order valence-corrected chi connectivity index (χ3v) is 4.20. The molecule has 0 bridgehead atoms. The van der Waals surface area contributed by atoms with Gasteiger partial charge in [-0.2, -0.15) is 0 Å². The van der Waals surface area contributed by atoms with Crippen LogP contribution in [0.1, 0.15) is 31.4 Å². The van der Waals surface area contributed by atoms with Gasteiger partial charge in [0, 0.05) is 31.5 Å². The van der Waals surface area contributed by atoms with Gasteiger partial charge in [0.05, 0.1) is 25.9 Å². The highest BCUT2D eigenvalue weighted by atomic mass is 19.1. The molecule has 2 fully saturated rings. The van der Waals surface area contributed by atoms with Crippen LogP contribution in [0.5, 0.6) is 0 Å². The van der Waals surface area contributed by atoms with Gasteiger partial charge in [-0.15, -0.1) is 0 Å². The fraction of sp³-hybridized carbons (Fsp3) is 0.625. The van der Waals surface area contributed by atoms with Gasteiger partial charge >= 0.3 is 0 Å². The van der Waals surface area contributed by atoms with Crippen LogP contribution < -0.4 is 5.32 Å². The molecule has 1 N–H and O–H groups in total. The van der Waals surface area contributed by atoms with Crippen LogP contribution in [0.3, 0.4) is 0 Å². The molecule has 2 aliphatic rings. The first-order valence-corrected chi connectivity index (χ1v) is 7.65. The molecule has 1 aromatic carbocycles. The number of nitrogens with one attached hydrogen (secondary N) is 1. The Kier molecular flexibility index (Phi) is 4.73. The zero-order valence-electron chi connectivity index (χ0n) is 12.6. The first-order valence-electron chi connectivity index (χ1n) is 7.65. The molecule has 0 unspecified atom stereocenters. The Morgan fingerprint density at radius 2 is 1.91 bits per heavy atom. The van der Waals surface area contributed by atoms with E-state index in [0.29, 0.717) is 31.9 Å². The number of hydrogen-bond acceptors (Lipinski definition) is 4. The van der Waals surface area contributed by atoms with Crippen LogP contribution >= 0.6 is 0 Å². The first kappa shape index (κ1) is 15.8. The van der Waals surface area contributed by atoms with Crippen LogP contribution in [0.4, 0.5) is 8.78 Å². The molecule has 4 nitrogen and oxygen atoms in total. The van der Waals surface area contributed by atoms with Gasteiger partial charge < -0.3 is 19.5 Å². The maximum absolute atomic E-state index is 13.2. The van der Waals surface area contributed by atoms with Gasteiger partial charge in [0.2, 0.25) is 0 Å². The van der Waals surface area contributed by atoms with Crippen molar-refractivity contribution in [3.63, 3.8) is 0 Å². The molecule has 2 saturated heterocycles. The van der Waals surface area contributed by atoms with E-state index in [1.54, 1.807) is 0 Å². The highest BCUT2D eigenvalue weighted by Gasteiger charge is 2.42. The number of hydrogen-bond donors (Lipinski definition) is 1. The van der Waals surface area contributed by atoms with Crippen molar-refractivity contribution in [3.05, 3.63) is 35.4 Å². The van der Waals surface area contributed by atoms with E-state index in [2.05, 4.69) is 5.32 Å². The Bertz CT molecular complexity index is 500. The summed E-state index contributed by atoms with van der Waals surface area (Å²) in [6, 6.07) is 3.39. The minimum Gasteiger partial charge on any atom is -0.381 e. The van der Waals surface area contributed by atoms with E-state index >= 15 is 0 Å². The molecule has 0 amide bonds. The second kappa shape index (κ2) is 6.58. The fourth-order valence-corrected chi connectivity index (χ4v) is 2.91. The molecule has 1 aromatic rings. The summed E-state index contributed by atoms with van der Waals surface area (Å²) in [7, 11) is 0. The second-order valence-corrected chi connectivity index (χ2v) is 5.91. The lowest BCUT2D eigenvalue weighted by Crippen LogP contribution is -2.39. The summed E-state index contributed by atoms with van der Waals surface area (Å²) in [6.07, 6.45) is 1.43. The Balaban J connectivity index is 1.52. The summed E-state index contributed by atoms with van der Waals surface area (Å²) in [5.74, 6) is -1.63. The minimum atomic E-state index is -0.565. The molecule has 22 heavy (non-hydrogen) atoms. The van der Waals surface area contributed by atoms with Crippen molar-refractivity contribution >= 4 is 0 Å². The maximum atomic E-state index is 13.2. The Hall–Kier alpha value is -1.08. The molecule has 6 heteroatoms. The first-order chi connectivity index (χ1) is 10.6. The van der Waals surface area contributed by atoms with Gasteiger partial charge in [0.25, 0.3) is 0 Å². The van der Waals surface area contributed by atoms with Crippen molar-refractivity contribution in [1.29, 1.82) is 0 Å². The SMILES string of the molecule is C[C@H](NC[C@H]1COC2(CCOCC2)O1)c1cc(F)cc(F)c1. The Morgan fingerprint density at radius 1 is 1.23 bits per heavy atom. The van der Waals surface area contributed by atoms with Crippen molar-refractivity contribution in [2.75, 3.05) is 26.4 Å². The molecule has 2 atom stereocenters. The quantitative estimate of drug-likeness (QED) is 0.927. The van der Waals surface area contributed by atoms with Gasteiger partial charge in [0.1, 0.15) is 11.6 Å². The van der Waals surface area contributed by atoms with Crippen LogP contribution in [-0.4, -0.2) is 38.3 Å². The normalized spacial score (nSPS) is 25.5. The van der Waals surface area contributed by atoms with Crippen molar-refractivity contribution in [1.82, 2.24) is 5.32 Å². The molecule has 1 spiro atoms. The second-order valence-electron chi connectivity index (χ2n) is 5.91. The molecule has 2 heterocycles. The van der Waals surface area contributed by atoms with Gasteiger partial charge in [-0.05, 0) is 24.6 Å². The third kappa shape index (κ3) is 3.63. The highest BCUT2D eigenvalue weighted by Crippen LogP contribution is 2.33. The minimum absolute atomic E-state index is 0.0565. The number of benzene rings is 1. The summed E-state index contributed by atoms with van der Waals surface area (Å²) >= 11 is 0. The molecule has 3 rings (SSSR count). The van der Waals surface area contributed by atoms with E-state index < -0.39 is 17.4 Å². The van der Waals surface area contributed by atoms with Gasteiger partial charge in [-0.25, -0.2) is 8.78 Å². The maximum Gasteiger partial charge on any atom is 0.173 e. The summed E-state index contributed by atoms with van der Waals surface area (Å²) in [4.78, 5) is 0. The summed E-state index contributed by atoms with van der Waals surface area (Å²) in [6.45, 7) is 4.27. The van der Waals surface area contributed by atoms with Crippen molar-refractivity contribution in [2.45, 2.75) is 37.7 Å². The molecule has 0 aromatic heterocycles. The van der Waals surface area contributed by atoms with E-state index in [9.17, 15) is 8.78 Å². The molecule has 122 valence electrons. The number of halogens is 2. The van der Waals surface area contributed by atoms with Crippen molar-refractivity contribution in [3.8, 4) is 0 Å². The van der Waals surface area contributed by atoms with Crippen LogP contribution in [-0.2, 0) is 14.2 Å². The Labute approximate surface area is 128 Å². The van der Waals surface area contributed by atoms with E-state index in [-0.39, 0.29) is 12.1 Å². The molecule has 0 saturated carbocycles. The lowest BCUT2D eigenvalue weighted by atomic mass is 10.1. The number of rotatable bonds is 4. The smallest absolute Gasteiger partial charge is 0.173 e. The topological polar surface area (TPSA) is 39.7 Å². The van der Waals surface area contributed by atoms with E-state index in [0.717, 1.165) is 18.9 Å². The molecule has 0 radical (unpaired) electrons. The largest absolute Gasteiger partial charge is 0.381 e. The summed E-state index contributed by atoms with van der Waals surface area (Å²) < 4.78 is 43.6. The highest BCUT2D eigenvalue weighted by molar-refractivity contribution is 5.20. The van der Waals surface area contributed by atoms with Gasteiger partial charge in [0.15, 0.2) is 5.79 Å². The predicted octanol–water partition coefficient (Wildman–Crippen LogP) is 2.54. The van der Waals surface area contributed by atoms with E-state index in [1.165, 1.54) is 12.1 Å². The standard InChI is InChI=1S/C16H21F2NO3/c1-11(12-6-13(17)8-14(18)7-12)19-9-15-10-21-16(22-15)2-4-20-5-3-16/h6-8,11,15,19H,2-5,9-10H2,1H3/t11-,15-/m0/s1. The fourth-order valence-electron chi connectivity index (χ4n) is 2.91. The van der Waals surface area contributed by atoms with Crippen LogP contribution in [0.25, 0.3) is 0 Å². The van der Waals surface area contributed by atoms with Crippen molar-refractivity contribution in [2.24, 2.45) is 0 Å². The number of ether oxygens (including phenoxy) is 3. The van der Waals surface area contributed by atoms with Gasteiger partial charge in [-0.3, -0.25) is 0 Å². The van der Waals surface area contributed by atoms with Crippen LogP contribution in [0.2, 0.25) is 0 Å². The molecule has 2 aliphatic heterocycles. The molecular weight excluding hydrogens is 292 g/mol. The molecule has 0 aliphatic carbocycles. The third-order valence-electron chi connectivity index (χ3n) is 4.20. The predicted molar refractivity (Wildman–Crippen MR) is 76.4 cm³/mol. The monoisotopic (exact) mass is 313 g/mol. The average Bonchev–Trinajstić information content (AvgIpc) is 2.87. The average molecular weight is 313 g/mol. The van der Waals surface area contributed by atoms with E-state index in [1.807, 2.05) is 6.92 Å². The summed E-state index contributed by atoms with van der Waals surface area (Å²) in [5, 5.41) is 3.25. The van der Waals surface area contributed by atoms with Crippen LogP contribution in [0.15, 0.2) is 18.2 Å². The lowest BCUT2D eigenvalue weighted by Gasteiger charge is -2.31. The van der Waals surface area contributed by atoms with E-state index in [4.69, 9.17) is 14.2 Å². The molecular formula is C16H21F2NO3.